The summed E-state index contributed by atoms with van der Waals surface area (Å²) in [5, 5.41) is 0.684. The average molecular weight is 276 g/mol. The van der Waals surface area contributed by atoms with Gasteiger partial charge in [0.05, 0.1) is 11.6 Å². The molecule has 0 heterocycles. The fraction of sp³-hybridized carbons (Fsp3) is 0.455. The van der Waals surface area contributed by atoms with Crippen molar-refractivity contribution in [1.29, 1.82) is 0 Å². The molecule has 0 aromatic heterocycles. The lowest BCUT2D eigenvalue weighted by Crippen LogP contribution is -1.98. The molecule has 3 heteroatoms. The van der Waals surface area contributed by atoms with Crippen molar-refractivity contribution in [2.45, 2.75) is 19.3 Å². The average Bonchev–Trinajstić information content (AvgIpc) is 2.95. The van der Waals surface area contributed by atoms with Gasteiger partial charge in [0.2, 0.25) is 0 Å². The first kappa shape index (κ1) is 10.3. The van der Waals surface area contributed by atoms with E-state index in [2.05, 4.69) is 15.9 Å². The van der Waals surface area contributed by atoms with Crippen LogP contribution < -0.4 is 4.74 Å². The second kappa shape index (κ2) is 4.54. The summed E-state index contributed by atoms with van der Waals surface area (Å²) in [4.78, 5) is 0. The molecule has 0 radical (unpaired) electrons. The molecule has 0 unspecified atom stereocenters. The van der Waals surface area contributed by atoms with Crippen LogP contribution in [0.1, 0.15) is 19.3 Å². The number of rotatable bonds is 4. The van der Waals surface area contributed by atoms with Crippen molar-refractivity contribution in [1.82, 2.24) is 0 Å². The topological polar surface area (TPSA) is 9.23 Å². The molecule has 0 N–H and O–H groups in total. The van der Waals surface area contributed by atoms with Crippen LogP contribution in [-0.2, 0) is 0 Å². The minimum Gasteiger partial charge on any atom is -0.492 e. The van der Waals surface area contributed by atoms with E-state index in [0.717, 1.165) is 29.2 Å². The van der Waals surface area contributed by atoms with Gasteiger partial charge in [-0.15, -0.1) is 0 Å². The first-order valence-electron chi connectivity index (χ1n) is 4.83. The van der Waals surface area contributed by atoms with Crippen molar-refractivity contribution in [3.63, 3.8) is 0 Å². The molecule has 2 rings (SSSR count). The summed E-state index contributed by atoms with van der Waals surface area (Å²) in [5.41, 5.74) is 0. The van der Waals surface area contributed by atoms with Crippen molar-refractivity contribution in [3.8, 4) is 5.75 Å². The van der Waals surface area contributed by atoms with Gasteiger partial charge in [0.15, 0.2) is 0 Å². The summed E-state index contributed by atoms with van der Waals surface area (Å²) in [5.74, 6) is 1.68. The van der Waals surface area contributed by atoms with Gasteiger partial charge in [-0.3, -0.25) is 0 Å². The Labute approximate surface area is 97.5 Å². The zero-order valence-corrected chi connectivity index (χ0v) is 10.1. The van der Waals surface area contributed by atoms with Gasteiger partial charge >= 0.3 is 0 Å². The standard InChI is InChI=1S/C11H12BrClO/c12-9-3-4-10(13)11(7-9)14-6-5-8-1-2-8/h3-4,7-8H,1-2,5-6H2. The van der Waals surface area contributed by atoms with Gasteiger partial charge in [-0.25, -0.2) is 0 Å². The highest BCUT2D eigenvalue weighted by Gasteiger charge is 2.20. The summed E-state index contributed by atoms with van der Waals surface area (Å²) in [6.07, 6.45) is 3.90. The van der Waals surface area contributed by atoms with Crippen LogP contribution >= 0.6 is 27.5 Å². The summed E-state index contributed by atoms with van der Waals surface area (Å²) in [6, 6.07) is 5.67. The highest BCUT2D eigenvalue weighted by molar-refractivity contribution is 9.10. The molecule has 1 aromatic carbocycles. The van der Waals surface area contributed by atoms with Gasteiger partial charge in [0.25, 0.3) is 0 Å². The molecule has 0 bridgehead atoms. The predicted octanol–water partition coefficient (Wildman–Crippen LogP) is 4.28. The number of halogens is 2. The summed E-state index contributed by atoms with van der Waals surface area (Å²) < 4.78 is 6.61. The van der Waals surface area contributed by atoms with E-state index < -0.39 is 0 Å². The third kappa shape index (κ3) is 2.89. The number of benzene rings is 1. The molecule has 0 amide bonds. The van der Waals surface area contributed by atoms with Crippen LogP contribution in [0.5, 0.6) is 5.75 Å². The lowest BCUT2D eigenvalue weighted by molar-refractivity contribution is 0.302. The first-order valence-corrected chi connectivity index (χ1v) is 6.00. The highest BCUT2D eigenvalue weighted by atomic mass is 79.9. The van der Waals surface area contributed by atoms with Gasteiger partial charge in [0.1, 0.15) is 5.75 Å². The van der Waals surface area contributed by atoms with Gasteiger partial charge in [0, 0.05) is 4.47 Å². The van der Waals surface area contributed by atoms with Crippen LogP contribution in [0.3, 0.4) is 0 Å². The zero-order valence-electron chi connectivity index (χ0n) is 7.80. The SMILES string of the molecule is Clc1ccc(Br)cc1OCCC1CC1. The molecular formula is C11H12BrClO. The Kier molecular flexibility index (Phi) is 3.34. The minimum absolute atomic E-state index is 0.684. The van der Waals surface area contributed by atoms with E-state index in [1.807, 2.05) is 18.2 Å². The molecule has 1 saturated carbocycles. The number of ether oxygens (including phenoxy) is 1. The zero-order chi connectivity index (χ0) is 9.97. The Hall–Kier alpha value is -0.210. The number of hydrogen-bond acceptors (Lipinski definition) is 1. The van der Waals surface area contributed by atoms with Crippen LogP contribution in [0, 0.1) is 5.92 Å². The third-order valence-electron chi connectivity index (χ3n) is 2.37. The van der Waals surface area contributed by atoms with Crippen molar-refractivity contribution in [2.24, 2.45) is 5.92 Å². The predicted molar refractivity (Wildman–Crippen MR) is 62.0 cm³/mol. The molecule has 0 spiro atoms. The summed E-state index contributed by atoms with van der Waals surface area (Å²) in [7, 11) is 0. The lowest BCUT2D eigenvalue weighted by atomic mass is 10.3. The van der Waals surface area contributed by atoms with Crippen molar-refractivity contribution >= 4 is 27.5 Å². The Morgan fingerprint density at radius 3 is 2.93 bits per heavy atom. The van der Waals surface area contributed by atoms with Crippen molar-refractivity contribution in [3.05, 3.63) is 27.7 Å². The Morgan fingerprint density at radius 1 is 1.43 bits per heavy atom. The molecule has 76 valence electrons. The lowest BCUT2D eigenvalue weighted by Gasteiger charge is -2.07. The molecule has 0 aliphatic heterocycles. The largest absolute Gasteiger partial charge is 0.492 e. The molecule has 0 saturated heterocycles. The van der Waals surface area contributed by atoms with Crippen LogP contribution in [0.4, 0.5) is 0 Å². The summed E-state index contributed by atoms with van der Waals surface area (Å²) in [6.45, 7) is 0.779. The normalized spacial score (nSPS) is 15.6. The Bertz CT molecular complexity index is 323. The van der Waals surface area contributed by atoms with E-state index in [9.17, 15) is 0 Å². The van der Waals surface area contributed by atoms with E-state index in [0.29, 0.717) is 5.02 Å². The monoisotopic (exact) mass is 274 g/mol. The maximum atomic E-state index is 5.98. The molecule has 1 fully saturated rings. The molecule has 1 aromatic rings. The Balaban J connectivity index is 1.89. The quantitative estimate of drug-likeness (QED) is 0.797. The molecule has 1 nitrogen and oxygen atoms in total. The molecule has 1 aliphatic carbocycles. The van der Waals surface area contributed by atoms with Crippen LogP contribution in [0.15, 0.2) is 22.7 Å². The Morgan fingerprint density at radius 2 is 2.21 bits per heavy atom. The molecule has 1 aliphatic rings. The smallest absolute Gasteiger partial charge is 0.139 e. The van der Waals surface area contributed by atoms with E-state index in [1.165, 1.54) is 12.8 Å². The maximum Gasteiger partial charge on any atom is 0.139 e. The van der Waals surface area contributed by atoms with Gasteiger partial charge in [-0.05, 0) is 30.5 Å². The van der Waals surface area contributed by atoms with Crippen LogP contribution in [0.2, 0.25) is 5.02 Å². The van der Waals surface area contributed by atoms with Crippen molar-refractivity contribution < 1.29 is 4.74 Å². The van der Waals surface area contributed by atoms with E-state index in [-0.39, 0.29) is 0 Å². The van der Waals surface area contributed by atoms with E-state index in [4.69, 9.17) is 16.3 Å². The summed E-state index contributed by atoms with van der Waals surface area (Å²) >= 11 is 9.37. The number of hydrogen-bond donors (Lipinski definition) is 0. The maximum absolute atomic E-state index is 5.98. The molecule has 0 atom stereocenters. The highest BCUT2D eigenvalue weighted by Crippen LogP contribution is 2.33. The second-order valence-corrected chi connectivity index (χ2v) is 4.98. The van der Waals surface area contributed by atoms with Crippen LogP contribution in [0.25, 0.3) is 0 Å². The van der Waals surface area contributed by atoms with Gasteiger partial charge < -0.3 is 4.74 Å². The fourth-order valence-electron chi connectivity index (χ4n) is 1.33. The minimum atomic E-state index is 0.684. The van der Waals surface area contributed by atoms with E-state index >= 15 is 0 Å². The van der Waals surface area contributed by atoms with Gasteiger partial charge in [-0.1, -0.05) is 40.4 Å². The first-order chi connectivity index (χ1) is 6.75. The molecule has 14 heavy (non-hydrogen) atoms. The second-order valence-electron chi connectivity index (χ2n) is 3.66. The fourth-order valence-corrected chi connectivity index (χ4v) is 1.84. The molecular weight excluding hydrogens is 263 g/mol. The van der Waals surface area contributed by atoms with Crippen LogP contribution in [-0.4, -0.2) is 6.61 Å². The van der Waals surface area contributed by atoms with Crippen molar-refractivity contribution in [2.75, 3.05) is 6.61 Å². The van der Waals surface area contributed by atoms with Gasteiger partial charge in [-0.2, -0.15) is 0 Å². The van der Waals surface area contributed by atoms with E-state index in [1.54, 1.807) is 0 Å². The third-order valence-corrected chi connectivity index (χ3v) is 3.18.